The van der Waals surface area contributed by atoms with E-state index >= 15 is 0 Å². The van der Waals surface area contributed by atoms with Crippen molar-refractivity contribution in [2.45, 2.75) is 25.8 Å². The second kappa shape index (κ2) is 4.53. The second-order valence-corrected chi connectivity index (χ2v) is 2.47. The fourth-order valence-corrected chi connectivity index (χ4v) is 0.762. The van der Waals surface area contributed by atoms with Gasteiger partial charge < -0.3 is 11.5 Å². The van der Waals surface area contributed by atoms with Gasteiger partial charge in [-0.2, -0.15) is 0 Å². The van der Waals surface area contributed by atoms with Crippen LogP contribution in [0.25, 0.3) is 0 Å². The van der Waals surface area contributed by atoms with Gasteiger partial charge in [0.25, 0.3) is 0 Å². The Labute approximate surface area is 56.9 Å². The summed E-state index contributed by atoms with van der Waals surface area (Å²) in [5, 5.41) is 0. The fourth-order valence-electron chi connectivity index (χ4n) is 0.762. The Morgan fingerprint density at radius 3 is 2.56 bits per heavy atom. The van der Waals surface area contributed by atoms with Crippen LogP contribution in [0.3, 0.4) is 0 Å². The summed E-state index contributed by atoms with van der Waals surface area (Å²) < 4.78 is 0. The highest BCUT2D eigenvalue weighted by Gasteiger charge is 1.96. The molecule has 0 aliphatic carbocycles. The minimum atomic E-state index is 0.226. The van der Waals surface area contributed by atoms with E-state index in [1.165, 1.54) is 0 Å². The molecule has 0 radical (unpaired) electrons. The van der Waals surface area contributed by atoms with E-state index in [1.807, 2.05) is 6.92 Å². The Hall–Kier alpha value is -0.340. The van der Waals surface area contributed by atoms with Gasteiger partial charge >= 0.3 is 0 Å². The van der Waals surface area contributed by atoms with E-state index < -0.39 is 0 Å². The number of hydrogen-bond acceptors (Lipinski definition) is 2. The quantitative estimate of drug-likeness (QED) is 0.545. The highest BCUT2D eigenvalue weighted by molar-refractivity contribution is 4.96. The van der Waals surface area contributed by atoms with Crippen LogP contribution in [0, 0.1) is 0 Å². The molecule has 0 rings (SSSR count). The van der Waals surface area contributed by atoms with Gasteiger partial charge in [-0.1, -0.05) is 12.2 Å². The van der Waals surface area contributed by atoms with E-state index in [4.69, 9.17) is 11.5 Å². The molecule has 0 aromatic heterocycles. The summed E-state index contributed by atoms with van der Waals surface area (Å²) in [4.78, 5) is 0. The molecule has 0 saturated heterocycles. The van der Waals surface area contributed by atoms with Gasteiger partial charge in [0, 0.05) is 6.04 Å². The third-order valence-electron chi connectivity index (χ3n) is 1.11. The van der Waals surface area contributed by atoms with Gasteiger partial charge in [0.15, 0.2) is 0 Å². The fraction of sp³-hybridized carbons (Fsp3) is 0.714. The van der Waals surface area contributed by atoms with E-state index in [2.05, 4.69) is 6.58 Å². The summed E-state index contributed by atoms with van der Waals surface area (Å²) in [6.45, 7) is 6.48. The normalized spacial score (nSPS) is 13.2. The van der Waals surface area contributed by atoms with Crippen LogP contribution in [-0.4, -0.2) is 12.6 Å². The van der Waals surface area contributed by atoms with Gasteiger partial charge in [-0.15, -0.1) is 0 Å². The molecule has 0 aliphatic heterocycles. The van der Waals surface area contributed by atoms with E-state index in [-0.39, 0.29) is 6.04 Å². The molecule has 0 fully saturated rings. The van der Waals surface area contributed by atoms with Gasteiger partial charge in [0.05, 0.1) is 0 Å². The number of rotatable bonds is 4. The summed E-state index contributed by atoms with van der Waals surface area (Å²) in [5.41, 5.74) is 12.0. The van der Waals surface area contributed by atoms with Crippen molar-refractivity contribution in [1.29, 1.82) is 0 Å². The second-order valence-electron chi connectivity index (χ2n) is 2.47. The summed E-state index contributed by atoms with van der Waals surface area (Å²) in [6, 6.07) is 0.226. The van der Waals surface area contributed by atoms with Crippen molar-refractivity contribution in [3.05, 3.63) is 12.2 Å². The van der Waals surface area contributed by atoms with Crippen LogP contribution in [0.2, 0.25) is 0 Å². The van der Waals surface area contributed by atoms with Crippen molar-refractivity contribution < 1.29 is 0 Å². The standard InChI is InChI=1S/C7H16N2/c1-6(3-4-8)5-7(2)9/h7H,1,3-5,8-9H2,2H3. The van der Waals surface area contributed by atoms with Crippen LogP contribution in [0.4, 0.5) is 0 Å². The molecule has 0 heterocycles. The first kappa shape index (κ1) is 8.66. The van der Waals surface area contributed by atoms with Crippen LogP contribution in [-0.2, 0) is 0 Å². The zero-order valence-electron chi connectivity index (χ0n) is 6.06. The topological polar surface area (TPSA) is 52.0 Å². The summed E-state index contributed by atoms with van der Waals surface area (Å²) in [7, 11) is 0. The molecule has 0 saturated carbocycles. The molecule has 4 N–H and O–H groups in total. The minimum absolute atomic E-state index is 0.226. The average Bonchev–Trinajstić information content (AvgIpc) is 1.63. The van der Waals surface area contributed by atoms with E-state index in [1.54, 1.807) is 0 Å². The minimum Gasteiger partial charge on any atom is -0.330 e. The molecule has 2 heteroatoms. The van der Waals surface area contributed by atoms with Gasteiger partial charge in [-0.05, 0) is 26.3 Å². The maximum absolute atomic E-state index is 5.52. The van der Waals surface area contributed by atoms with Gasteiger partial charge in [-0.3, -0.25) is 0 Å². The molecular weight excluding hydrogens is 112 g/mol. The molecule has 1 atom stereocenters. The predicted molar refractivity (Wildman–Crippen MR) is 41.1 cm³/mol. The van der Waals surface area contributed by atoms with Crippen molar-refractivity contribution in [2.24, 2.45) is 11.5 Å². The van der Waals surface area contributed by atoms with Crippen LogP contribution in [0.15, 0.2) is 12.2 Å². The Morgan fingerprint density at radius 1 is 1.67 bits per heavy atom. The molecule has 2 nitrogen and oxygen atoms in total. The van der Waals surface area contributed by atoms with Crippen LogP contribution in [0.5, 0.6) is 0 Å². The third-order valence-corrected chi connectivity index (χ3v) is 1.11. The van der Waals surface area contributed by atoms with Gasteiger partial charge in [0.1, 0.15) is 0 Å². The molecular formula is C7H16N2. The third kappa shape index (κ3) is 5.53. The zero-order valence-corrected chi connectivity index (χ0v) is 6.06. The monoisotopic (exact) mass is 128 g/mol. The summed E-state index contributed by atoms with van der Waals surface area (Å²) >= 11 is 0. The lowest BCUT2D eigenvalue weighted by atomic mass is 10.1. The smallest absolute Gasteiger partial charge is 0.00475 e. The summed E-state index contributed by atoms with van der Waals surface area (Å²) in [6.07, 6.45) is 1.80. The molecule has 0 aromatic carbocycles. The first-order chi connectivity index (χ1) is 4.16. The Balaban J connectivity index is 3.27. The zero-order chi connectivity index (χ0) is 7.28. The lowest BCUT2D eigenvalue weighted by Gasteiger charge is -2.05. The van der Waals surface area contributed by atoms with Crippen molar-refractivity contribution in [3.63, 3.8) is 0 Å². The molecule has 0 aromatic rings. The SMILES string of the molecule is C=C(CCN)CC(C)N. The van der Waals surface area contributed by atoms with Crippen molar-refractivity contribution in [2.75, 3.05) is 6.54 Å². The van der Waals surface area contributed by atoms with E-state index in [0.717, 1.165) is 18.4 Å². The van der Waals surface area contributed by atoms with Gasteiger partial charge in [0.2, 0.25) is 0 Å². The van der Waals surface area contributed by atoms with Crippen molar-refractivity contribution in [1.82, 2.24) is 0 Å². The molecule has 1 unspecified atom stereocenters. The molecule has 0 bridgehead atoms. The lowest BCUT2D eigenvalue weighted by Crippen LogP contribution is -2.16. The number of hydrogen-bond donors (Lipinski definition) is 2. The molecule has 0 aliphatic rings. The first-order valence-electron chi connectivity index (χ1n) is 3.29. The van der Waals surface area contributed by atoms with Crippen LogP contribution < -0.4 is 11.5 Å². The number of nitrogens with two attached hydrogens (primary N) is 2. The molecule has 0 spiro atoms. The highest BCUT2D eigenvalue weighted by atomic mass is 14.6. The Kier molecular flexibility index (Phi) is 4.36. The maximum Gasteiger partial charge on any atom is 0.00475 e. The summed E-state index contributed by atoms with van der Waals surface area (Å²) in [5.74, 6) is 0. The molecule has 0 amide bonds. The molecule has 9 heavy (non-hydrogen) atoms. The Morgan fingerprint density at radius 2 is 2.22 bits per heavy atom. The maximum atomic E-state index is 5.52. The predicted octanol–water partition coefficient (Wildman–Crippen LogP) is 0.629. The average molecular weight is 128 g/mol. The van der Waals surface area contributed by atoms with Crippen molar-refractivity contribution in [3.8, 4) is 0 Å². The Bertz CT molecular complexity index is 86.9. The van der Waals surface area contributed by atoms with Gasteiger partial charge in [-0.25, -0.2) is 0 Å². The highest BCUT2D eigenvalue weighted by Crippen LogP contribution is 2.03. The molecule has 54 valence electrons. The lowest BCUT2D eigenvalue weighted by molar-refractivity contribution is 0.707. The first-order valence-corrected chi connectivity index (χ1v) is 3.29. The van der Waals surface area contributed by atoms with Crippen LogP contribution >= 0.6 is 0 Å². The van der Waals surface area contributed by atoms with Crippen molar-refractivity contribution >= 4 is 0 Å². The largest absolute Gasteiger partial charge is 0.330 e. The van der Waals surface area contributed by atoms with Crippen LogP contribution in [0.1, 0.15) is 19.8 Å². The van der Waals surface area contributed by atoms with E-state index in [9.17, 15) is 0 Å². The van der Waals surface area contributed by atoms with E-state index in [0.29, 0.717) is 6.54 Å².